The van der Waals surface area contributed by atoms with Crippen molar-refractivity contribution in [2.75, 3.05) is 85.1 Å². The van der Waals surface area contributed by atoms with Crippen molar-refractivity contribution in [2.45, 2.75) is 39.7 Å². The first-order chi connectivity index (χ1) is 18.9. The molecule has 1 heterocycles. The Hall–Kier alpha value is -2.80. The maximum atomic E-state index is 12.5. The molecule has 0 aromatic heterocycles. The largest absolute Gasteiger partial charge is 0.480 e. The number of hydrogen-bond acceptors (Lipinski definition) is 8. The third kappa shape index (κ3) is 15.1. The van der Waals surface area contributed by atoms with Crippen LogP contribution in [-0.2, 0) is 19.2 Å². The quantitative estimate of drug-likeness (QED) is 0.153. The summed E-state index contributed by atoms with van der Waals surface area (Å²) in [6, 6.07) is -0.675. The lowest BCUT2D eigenvalue weighted by molar-refractivity contribution is -0.138. The Labute approximate surface area is 239 Å². The van der Waals surface area contributed by atoms with Gasteiger partial charge >= 0.3 is 5.97 Å². The minimum absolute atomic E-state index is 0.0793. The second-order valence-corrected chi connectivity index (χ2v) is 10.8. The Morgan fingerprint density at radius 3 is 1.95 bits per heavy atom. The van der Waals surface area contributed by atoms with Crippen LogP contribution in [0.5, 0.6) is 0 Å². The molecule has 40 heavy (non-hydrogen) atoms. The van der Waals surface area contributed by atoms with E-state index in [1.807, 2.05) is 22.8 Å². The van der Waals surface area contributed by atoms with Crippen LogP contribution in [-0.4, -0.2) is 140 Å². The molecule has 1 aliphatic heterocycles. The van der Waals surface area contributed by atoms with Gasteiger partial charge in [-0.1, -0.05) is 32.1 Å². The zero-order valence-corrected chi connectivity index (χ0v) is 24.7. The molecule has 3 amide bonds. The fourth-order valence-corrected chi connectivity index (χ4v) is 4.57. The molecule has 0 saturated carbocycles. The fraction of sp³-hybridized carbons (Fsp3) is 0.714. The third-order valence-corrected chi connectivity index (χ3v) is 6.80. The Morgan fingerprint density at radius 1 is 0.900 bits per heavy atom. The van der Waals surface area contributed by atoms with Crippen molar-refractivity contribution in [3.8, 4) is 0 Å². The molecule has 12 nitrogen and oxygen atoms in total. The number of aliphatic carboxylic acids is 1. The number of rotatable bonds is 15. The number of nitrogens with zero attached hydrogens (tertiary/aromatic N) is 4. The van der Waals surface area contributed by atoms with Gasteiger partial charge in [0.1, 0.15) is 0 Å². The Bertz CT molecular complexity index is 851. The molecule has 12 heteroatoms. The molecule has 228 valence electrons. The van der Waals surface area contributed by atoms with Crippen LogP contribution in [0.1, 0.15) is 33.6 Å². The molecule has 1 aliphatic rings. The number of carboxylic acids is 1. The molecule has 1 unspecified atom stereocenters. The number of carboxylic acid groups (broad SMARTS) is 1. The predicted octanol–water partition coefficient (Wildman–Crippen LogP) is -0.423. The average molecular weight is 566 g/mol. The monoisotopic (exact) mass is 565 g/mol. The van der Waals surface area contributed by atoms with E-state index in [2.05, 4.69) is 33.6 Å². The van der Waals surface area contributed by atoms with Crippen LogP contribution in [0, 0.1) is 5.92 Å². The van der Waals surface area contributed by atoms with Gasteiger partial charge in [-0.25, -0.2) is 0 Å². The second-order valence-electron chi connectivity index (χ2n) is 10.8. The zero-order valence-electron chi connectivity index (χ0n) is 24.7. The summed E-state index contributed by atoms with van der Waals surface area (Å²) in [4.78, 5) is 56.6. The number of amides is 3. The summed E-state index contributed by atoms with van der Waals surface area (Å²) in [5.41, 5.74) is 6.86. The molecule has 0 spiro atoms. The van der Waals surface area contributed by atoms with Gasteiger partial charge in [-0.2, -0.15) is 0 Å². The number of carbonyl (C=O) groups excluding carboxylic acids is 3. The number of primary amides is 1. The molecule has 0 bridgehead atoms. The van der Waals surface area contributed by atoms with E-state index in [4.69, 9.17) is 5.73 Å². The zero-order chi connectivity index (χ0) is 30.1. The first kappa shape index (κ1) is 35.2. The van der Waals surface area contributed by atoms with E-state index in [1.165, 1.54) is 0 Å². The molecule has 0 aromatic carbocycles. The van der Waals surface area contributed by atoms with Gasteiger partial charge in [0.25, 0.3) is 0 Å². The van der Waals surface area contributed by atoms with Crippen LogP contribution in [0.25, 0.3) is 0 Å². The number of carbonyl (C=O) groups is 4. The minimum Gasteiger partial charge on any atom is -0.480 e. The van der Waals surface area contributed by atoms with Crippen molar-refractivity contribution in [2.24, 2.45) is 11.7 Å². The maximum absolute atomic E-state index is 12.5. The highest BCUT2D eigenvalue weighted by molar-refractivity contribution is 5.82. The van der Waals surface area contributed by atoms with Gasteiger partial charge in [-0.15, -0.1) is 6.58 Å². The molecule has 0 aliphatic carbocycles. The Balaban J connectivity index is 2.92. The molecule has 1 fully saturated rings. The van der Waals surface area contributed by atoms with E-state index in [0.717, 1.165) is 25.2 Å². The van der Waals surface area contributed by atoms with Crippen LogP contribution in [0.2, 0.25) is 0 Å². The number of hydrogen-bond donors (Lipinski definition) is 4. The van der Waals surface area contributed by atoms with E-state index in [9.17, 15) is 24.3 Å². The van der Waals surface area contributed by atoms with E-state index in [-0.39, 0.29) is 37.1 Å². The van der Waals surface area contributed by atoms with Crippen molar-refractivity contribution in [1.29, 1.82) is 0 Å². The molecular formula is C28H51N7O5. The third-order valence-electron chi connectivity index (χ3n) is 6.80. The second kappa shape index (κ2) is 19.3. The molecule has 5 N–H and O–H groups in total. The standard InChI is InChI=1S/C28H51N7O5/c1-6-11-32-12-13-33(20-22(2)3)14-15-34(21-26(37)38)17-19-35(18-16-32)24(27(29)39)7-8-25(36)30-9-10-31-28(40)23(4)5/h6,23-24H,1-2,7-21H2,3-5H3,(H2,29,39)(H,30,36)(H,31,40)(H,37,38). The molecule has 1 saturated heterocycles. The average Bonchev–Trinajstić information content (AvgIpc) is 2.86. The predicted molar refractivity (Wildman–Crippen MR) is 157 cm³/mol. The molecule has 0 radical (unpaired) electrons. The number of nitrogens with two attached hydrogens (primary N) is 1. The van der Waals surface area contributed by atoms with Gasteiger partial charge in [-0.3, -0.25) is 38.8 Å². The van der Waals surface area contributed by atoms with Crippen molar-refractivity contribution < 1.29 is 24.3 Å². The van der Waals surface area contributed by atoms with Gasteiger partial charge in [0, 0.05) is 90.9 Å². The van der Waals surface area contributed by atoms with Gasteiger partial charge in [-0.05, 0) is 13.3 Å². The Morgan fingerprint density at radius 2 is 1.43 bits per heavy atom. The highest BCUT2D eigenvalue weighted by Gasteiger charge is 2.26. The van der Waals surface area contributed by atoms with E-state index in [0.29, 0.717) is 58.9 Å². The molecule has 1 atom stereocenters. The SMILES string of the molecule is C=CCN1CCN(CC(=C)C)CCN(CC(=O)O)CCN(C(CCC(=O)NCCNC(=O)C(C)C)C(N)=O)CC1. The smallest absolute Gasteiger partial charge is 0.317 e. The minimum atomic E-state index is -0.907. The van der Waals surface area contributed by atoms with Gasteiger partial charge in [0.05, 0.1) is 12.6 Å². The summed E-state index contributed by atoms with van der Waals surface area (Å²) in [5, 5.41) is 15.0. The summed E-state index contributed by atoms with van der Waals surface area (Å²) >= 11 is 0. The van der Waals surface area contributed by atoms with E-state index >= 15 is 0 Å². The highest BCUT2D eigenvalue weighted by Crippen LogP contribution is 2.10. The van der Waals surface area contributed by atoms with Gasteiger partial charge < -0.3 is 21.5 Å². The van der Waals surface area contributed by atoms with Crippen molar-refractivity contribution in [3.05, 3.63) is 24.8 Å². The Kier molecular flexibility index (Phi) is 17.0. The first-order valence-corrected chi connectivity index (χ1v) is 14.1. The summed E-state index contributed by atoms with van der Waals surface area (Å²) in [6.45, 7) is 20.4. The molecular weight excluding hydrogens is 514 g/mol. The normalized spacial score (nSPS) is 17.8. The molecule has 1 rings (SSSR count). The topological polar surface area (TPSA) is 152 Å². The maximum Gasteiger partial charge on any atom is 0.317 e. The van der Waals surface area contributed by atoms with Crippen molar-refractivity contribution in [1.82, 2.24) is 30.2 Å². The lowest BCUT2D eigenvalue weighted by Crippen LogP contribution is -2.52. The summed E-state index contributed by atoms with van der Waals surface area (Å²) in [5.74, 6) is -1.86. The highest BCUT2D eigenvalue weighted by atomic mass is 16.4. The van der Waals surface area contributed by atoms with Gasteiger partial charge in [0.15, 0.2) is 0 Å². The van der Waals surface area contributed by atoms with E-state index in [1.54, 1.807) is 13.8 Å². The van der Waals surface area contributed by atoms with Crippen LogP contribution < -0.4 is 16.4 Å². The lowest BCUT2D eigenvalue weighted by atomic mass is 10.1. The molecule has 0 aromatic rings. The van der Waals surface area contributed by atoms with Crippen LogP contribution in [0.3, 0.4) is 0 Å². The van der Waals surface area contributed by atoms with Crippen molar-refractivity contribution >= 4 is 23.7 Å². The summed E-state index contributed by atoms with van der Waals surface area (Å²) < 4.78 is 0. The van der Waals surface area contributed by atoms with Crippen molar-refractivity contribution in [3.63, 3.8) is 0 Å². The van der Waals surface area contributed by atoms with Crippen LogP contribution in [0.15, 0.2) is 24.8 Å². The summed E-state index contributed by atoms with van der Waals surface area (Å²) in [6.07, 6.45) is 2.20. The van der Waals surface area contributed by atoms with Crippen LogP contribution >= 0.6 is 0 Å². The fourth-order valence-electron chi connectivity index (χ4n) is 4.57. The number of nitrogens with one attached hydrogen (secondary N) is 2. The lowest BCUT2D eigenvalue weighted by Gasteiger charge is -2.36. The van der Waals surface area contributed by atoms with E-state index < -0.39 is 17.9 Å². The first-order valence-electron chi connectivity index (χ1n) is 14.1. The summed E-state index contributed by atoms with van der Waals surface area (Å²) in [7, 11) is 0. The van der Waals surface area contributed by atoms with Crippen LogP contribution in [0.4, 0.5) is 0 Å². The van der Waals surface area contributed by atoms with Gasteiger partial charge in [0.2, 0.25) is 17.7 Å².